The van der Waals surface area contributed by atoms with Gasteiger partial charge in [0.25, 0.3) is 10.0 Å². The molecule has 108 valence electrons. The fourth-order valence-corrected chi connectivity index (χ4v) is 4.84. The van der Waals surface area contributed by atoms with Crippen LogP contribution in [0.15, 0.2) is 15.7 Å². The zero-order chi connectivity index (χ0) is 13.9. The van der Waals surface area contributed by atoms with Crippen molar-refractivity contribution >= 4 is 21.4 Å². The molecule has 1 fully saturated rings. The maximum atomic E-state index is 12.5. The standard InChI is InChI=1S/C12H20N2O3S2/c1-3-13-7-11-6-12(18-9-11)19(15,16)14-4-5-17-10(2)8-14/h6,9-10,13H,3-5,7-8H2,1-2H3. The Hall–Kier alpha value is -0.470. The van der Waals surface area contributed by atoms with Gasteiger partial charge in [-0.3, -0.25) is 0 Å². The van der Waals surface area contributed by atoms with Crippen LogP contribution in [0.3, 0.4) is 0 Å². The first-order valence-corrected chi connectivity index (χ1v) is 8.76. The second-order valence-electron chi connectivity index (χ2n) is 4.60. The first-order chi connectivity index (χ1) is 9.04. The van der Waals surface area contributed by atoms with Crippen LogP contribution in [0.25, 0.3) is 0 Å². The Labute approximate surface area is 118 Å². The van der Waals surface area contributed by atoms with E-state index in [4.69, 9.17) is 4.74 Å². The number of sulfonamides is 1. The Balaban J connectivity index is 2.12. The molecule has 0 amide bonds. The topological polar surface area (TPSA) is 58.6 Å². The summed E-state index contributed by atoms with van der Waals surface area (Å²) in [5, 5.41) is 5.10. The largest absolute Gasteiger partial charge is 0.376 e. The number of ether oxygens (including phenoxy) is 1. The van der Waals surface area contributed by atoms with Crippen LogP contribution in [0.1, 0.15) is 19.4 Å². The predicted octanol–water partition coefficient (Wildman–Crippen LogP) is 1.27. The van der Waals surface area contributed by atoms with Gasteiger partial charge in [0.05, 0.1) is 12.7 Å². The van der Waals surface area contributed by atoms with Crippen molar-refractivity contribution in [2.45, 2.75) is 30.7 Å². The molecule has 1 unspecified atom stereocenters. The van der Waals surface area contributed by atoms with E-state index in [0.29, 0.717) is 30.5 Å². The van der Waals surface area contributed by atoms with Crippen LogP contribution in [0, 0.1) is 0 Å². The summed E-state index contributed by atoms with van der Waals surface area (Å²) in [5.74, 6) is 0. The lowest BCUT2D eigenvalue weighted by Crippen LogP contribution is -2.44. The van der Waals surface area contributed by atoms with E-state index in [-0.39, 0.29) is 6.10 Å². The summed E-state index contributed by atoms with van der Waals surface area (Å²) in [6.45, 7) is 6.85. The maximum absolute atomic E-state index is 12.5. The minimum atomic E-state index is -3.36. The number of rotatable bonds is 5. The molecule has 1 aliphatic rings. The Morgan fingerprint density at radius 2 is 2.37 bits per heavy atom. The molecule has 0 spiro atoms. The highest BCUT2D eigenvalue weighted by atomic mass is 32.2. The van der Waals surface area contributed by atoms with E-state index in [2.05, 4.69) is 5.32 Å². The lowest BCUT2D eigenvalue weighted by Gasteiger charge is -2.29. The van der Waals surface area contributed by atoms with Crippen LogP contribution < -0.4 is 5.32 Å². The van der Waals surface area contributed by atoms with Gasteiger partial charge in [-0.2, -0.15) is 4.31 Å². The molecule has 5 nitrogen and oxygen atoms in total. The highest BCUT2D eigenvalue weighted by molar-refractivity contribution is 7.91. The van der Waals surface area contributed by atoms with Crippen LogP contribution in [0.5, 0.6) is 0 Å². The summed E-state index contributed by atoms with van der Waals surface area (Å²) in [6, 6.07) is 1.77. The third-order valence-electron chi connectivity index (χ3n) is 3.01. The number of nitrogens with zero attached hydrogens (tertiary/aromatic N) is 1. The van der Waals surface area contributed by atoms with E-state index in [0.717, 1.165) is 12.1 Å². The van der Waals surface area contributed by atoms with E-state index in [1.807, 2.05) is 19.2 Å². The van der Waals surface area contributed by atoms with E-state index in [1.54, 1.807) is 6.07 Å². The Bertz CT molecular complexity index is 513. The van der Waals surface area contributed by atoms with Gasteiger partial charge in [-0.25, -0.2) is 8.42 Å². The second kappa shape index (κ2) is 6.32. The van der Waals surface area contributed by atoms with E-state index in [1.165, 1.54) is 15.6 Å². The fraction of sp³-hybridized carbons (Fsp3) is 0.667. The van der Waals surface area contributed by atoms with Gasteiger partial charge in [-0.15, -0.1) is 11.3 Å². The molecule has 1 aromatic heterocycles. The van der Waals surface area contributed by atoms with Crippen molar-refractivity contribution in [1.29, 1.82) is 0 Å². The molecule has 0 radical (unpaired) electrons. The highest BCUT2D eigenvalue weighted by Crippen LogP contribution is 2.25. The molecule has 2 heterocycles. The number of thiophene rings is 1. The van der Waals surface area contributed by atoms with Gasteiger partial charge in [0, 0.05) is 19.6 Å². The second-order valence-corrected chi connectivity index (χ2v) is 7.67. The minimum absolute atomic E-state index is 0.0373. The molecular weight excluding hydrogens is 284 g/mol. The molecule has 0 saturated carbocycles. The average Bonchev–Trinajstić information content (AvgIpc) is 2.86. The molecule has 19 heavy (non-hydrogen) atoms. The summed E-state index contributed by atoms with van der Waals surface area (Å²) < 4.78 is 32.3. The zero-order valence-electron chi connectivity index (χ0n) is 11.3. The van der Waals surface area contributed by atoms with Gasteiger partial charge < -0.3 is 10.1 Å². The molecule has 1 aromatic rings. The van der Waals surface area contributed by atoms with Crippen LogP contribution in [0.2, 0.25) is 0 Å². The van der Waals surface area contributed by atoms with Gasteiger partial charge in [-0.1, -0.05) is 6.92 Å². The van der Waals surface area contributed by atoms with Crippen LogP contribution in [-0.2, 0) is 21.3 Å². The van der Waals surface area contributed by atoms with Gasteiger partial charge in [0.1, 0.15) is 4.21 Å². The van der Waals surface area contributed by atoms with Crippen molar-refractivity contribution in [3.63, 3.8) is 0 Å². The quantitative estimate of drug-likeness (QED) is 0.890. The fourth-order valence-electron chi connectivity index (χ4n) is 1.98. The van der Waals surface area contributed by atoms with Crippen LogP contribution in [-0.4, -0.2) is 45.1 Å². The number of morpholine rings is 1. The number of hydrogen-bond acceptors (Lipinski definition) is 5. The lowest BCUT2D eigenvalue weighted by molar-refractivity contribution is 0.0102. The Morgan fingerprint density at radius 3 is 3.05 bits per heavy atom. The van der Waals surface area contributed by atoms with Crippen molar-refractivity contribution in [2.75, 3.05) is 26.2 Å². The van der Waals surface area contributed by atoms with E-state index >= 15 is 0 Å². The number of nitrogens with one attached hydrogen (secondary N) is 1. The molecule has 0 aliphatic carbocycles. The first-order valence-electron chi connectivity index (χ1n) is 6.44. The first kappa shape index (κ1) is 14.9. The predicted molar refractivity (Wildman–Crippen MR) is 75.9 cm³/mol. The van der Waals surface area contributed by atoms with Gasteiger partial charge in [0.2, 0.25) is 0 Å². The molecular formula is C12H20N2O3S2. The van der Waals surface area contributed by atoms with Crippen LogP contribution in [0.4, 0.5) is 0 Å². The summed E-state index contributed by atoms with van der Waals surface area (Å²) in [5.41, 5.74) is 1.02. The van der Waals surface area contributed by atoms with Gasteiger partial charge >= 0.3 is 0 Å². The highest BCUT2D eigenvalue weighted by Gasteiger charge is 2.30. The average molecular weight is 304 g/mol. The molecule has 1 saturated heterocycles. The number of hydrogen-bond donors (Lipinski definition) is 1. The third kappa shape index (κ3) is 3.55. The van der Waals surface area contributed by atoms with Crippen molar-refractivity contribution in [2.24, 2.45) is 0 Å². The summed E-state index contributed by atoms with van der Waals surface area (Å²) in [6.07, 6.45) is -0.0373. The Kier molecular flexibility index (Phi) is 4.97. The SMILES string of the molecule is CCNCc1csc(S(=O)(=O)N2CCOC(C)C2)c1. The van der Waals surface area contributed by atoms with Crippen molar-refractivity contribution in [3.8, 4) is 0 Å². The third-order valence-corrected chi connectivity index (χ3v) is 6.34. The zero-order valence-corrected chi connectivity index (χ0v) is 12.9. The molecule has 1 atom stereocenters. The summed E-state index contributed by atoms with van der Waals surface area (Å²) >= 11 is 1.29. The molecule has 1 aliphatic heterocycles. The normalized spacial score (nSPS) is 21.7. The van der Waals surface area contributed by atoms with Crippen molar-refractivity contribution in [1.82, 2.24) is 9.62 Å². The van der Waals surface area contributed by atoms with Crippen molar-refractivity contribution < 1.29 is 13.2 Å². The van der Waals surface area contributed by atoms with Gasteiger partial charge in [0.15, 0.2) is 0 Å². The molecule has 0 bridgehead atoms. The molecule has 0 aromatic carbocycles. The molecule has 1 N–H and O–H groups in total. The minimum Gasteiger partial charge on any atom is -0.376 e. The maximum Gasteiger partial charge on any atom is 0.252 e. The smallest absolute Gasteiger partial charge is 0.252 e. The van der Waals surface area contributed by atoms with Crippen molar-refractivity contribution in [3.05, 3.63) is 17.0 Å². The molecule has 2 rings (SSSR count). The summed E-state index contributed by atoms with van der Waals surface area (Å²) in [4.78, 5) is 0. The van der Waals surface area contributed by atoms with Gasteiger partial charge in [-0.05, 0) is 30.5 Å². The summed E-state index contributed by atoms with van der Waals surface area (Å²) in [7, 11) is -3.36. The van der Waals surface area contributed by atoms with E-state index in [9.17, 15) is 8.42 Å². The lowest BCUT2D eigenvalue weighted by atomic mass is 10.3. The van der Waals surface area contributed by atoms with E-state index < -0.39 is 10.0 Å². The van der Waals surface area contributed by atoms with Crippen LogP contribution >= 0.6 is 11.3 Å². The Morgan fingerprint density at radius 1 is 1.58 bits per heavy atom. The monoisotopic (exact) mass is 304 g/mol. The molecule has 7 heteroatoms.